The molecule has 0 radical (unpaired) electrons. The molecular formula is C13H19N5. The lowest BCUT2D eigenvalue weighted by atomic mass is 9.99. The normalized spacial score (nSPS) is 12.7. The third kappa shape index (κ3) is 2.73. The van der Waals surface area contributed by atoms with E-state index in [1.54, 1.807) is 0 Å². The van der Waals surface area contributed by atoms with E-state index in [0.717, 1.165) is 6.54 Å². The van der Waals surface area contributed by atoms with Crippen LogP contribution in [0.3, 0.4) is 0 Å². The number of tetrazole rings is 1. The smallest absolute Gasteiger partial charge is 0.191 e. The number of aryl methyl sites for hydroxylation is 3. The number of nitrogens with zero attached hydrogens (tertiary/aromatic N) is 3. The molecule has 0 saturated heterocycles. The molecule has 2 N–H and O–H groups in total. The van der Waals surface area contributed by atoms with Gasteiger partial charge >= 0.3 is 0 Å². The van der Waals surface area contributed by atoms with E-state index in [9.17, 15) is 0 Å². The number of aromatic amines is 1. The molecule has 1 aromatic heterocycles. The largest absolute Gasteiger partial charge is 0.303 e. The summed E-state index contributed by atoms with van der Waals surface area (Å²) in [6.45, 7) is 9.27. The summed E-state index contributed by atoms with van der Waals surface area (Å²) in [5.41, 5.74) is 5.29. The Morgan fingerprint density at radius 2 is 1.89 bits per heavy atom. The van der Waals surface area contributed by atoms with Crippen molar-refractivity contribution in [2.24, 2.45) is 0 Å². The minimum absolute atomic E-state index is 0.0869. The van der Waals surface area contributed by atoms with E-state index >= 15 is 0 Å². The molecule has 2 aromatic rings. The van der Waals surface area contributed by atoms with Gasteiger partial charge in [0.05, 0.1) is 6.04 Å². The van der Waals surface area contributed by atoms with Gasteiger partial charge in [-0.1, -0.05) is 22.9 Å². The van der Waals surface area contributed by atoms with Gasteiger partial charge < -0.3 is 5.32 Å². The molecule has 0 aliphatic heterocycles. The SMILES string of the molecule is Cc1cc(C)c(CNC(C)c2nn[nH]n2)c(C)c1. The maximum absolute atomic E-state index is 3.98. The first kappa shape index (κ1) is 12.7. The van der Waals surface area contributed by atoms with Crippen molar-refractivity contribution >= 4 is 0 Å². The first-order valence-electron chi connectivity index (χ1n) is 6.11. The standard InChI is InChI=1S/C13H19N5/c1-8-5-9(2)12(10(3)6-8)7-14-11(4)13-15-17-18-16-13/h5-6,11,14H,7H2,1-4H3,(H,15,16,17,18). The molecule has 0 aliphatic rings. The molecule has 2 rings (SSSR count). The van der Waals surface area contributed by atoms with Crippen LogP contribution in [0.4, 0.5) is 0 Å². The first-order valence-corrected chi connectivity index (χ1v) is 6.11. The lowest BCUT2D eigenvalue weighted by Gasteiger charge is -2.14. The van der Waals surface area contributed by atoms with E-state index in [2.05, 4.69) is 58.8 Å². The molecule has 0 spiro atoms. The summed E-state index contributed by atoms with van der Waals surface area (Å²) >= 11 is 0. The summed E-state index contributed by atoms with van der Waals surface area (Å²) in [4.78, 5) is 0. The molecule has 1 aromatic carbocycles. The lowest BCUT2D eigenvalue weighted by molar-refractivity contribution is 0.544. The van der Waals surface area contributed by atoms with Crippen LogP contribution in [0.5, 0.6) is 0 Å². The van der Waals surface area contributed by atoms with Crippen molar-refractivity contribution in [1.29, 1.82) is 0 Å². The highest BCUT2D eigenvalue weighted by Crippen LogP contribution is 2.17. The third-order valence-electron chi connectivity index (χ3n) is 3.17. The summed E-state index contributed by atoms with van der Waals surface area (Å²) in [7, 11) is 0. The lowest BCUT2D eigenvalue weighted by Crippen LogP contribution is -2.20. The van der Waals surface area contributed by atoms with Gasteiger partial charge in [-0.3, -0.25) is 0 Å². The average molecular weight is 245 g/mol. The highest BCUT2D eigenvalue weighted by Gasteiger charge is 2.11. The molecular weight excluding hydrogens is 226 g/mol. The van der Waals surface area contributed by atoms with Crippen LogP contribution in [-0.2, 0) is 6.54 Å². The predicted molar refractivity (Wildman–Crippen MR) is 70.1 cm³/mol. The van der Waals surface area contributed by atoms with Crippen LogP contribution in [0, 0.1) is 20.8 Å². The predicted octanol–water partition coefficient (Wildman–Crippen LogP) is 1.98. The topological polar surface area (TPSA) is 66.5 Å². The fourth-order valence-corrected chi connectivity index (χ4v) is 2.19. The van der Waals surface area contributed by atoms with Gasteiger partial charge in [-0.25, -0.2) is 0 Å². The van der Waals surface area contributed by atoms with Gasteiger partial charge in [0.2, 0.25) is 0 Å². The van der Waals surface area contributed by atoms with Crippen molar-refractivity contribution in [1.82, 2.24) is 25.9 Å². The zero-order chi connectivity index (χ0) is 13.1. The maximum Gasteiger partial charge on any atom is 0.191 e. The van der Waals surface area contributed by atoms with E-state index in [1.165, 1.54) is 22.3 Å². The van der Waals surface area contributed by atoms with Gasteiger partial charge in [0.1, 0.15) is 0 Å². The van der Waals surface area contributed by atoms with E-state index in [4.69, 9.17) is 0 Å². The van der Waals surface area contributed by atoms with Crippen molar-refractivity contribution in [3.63, 3.8) is 0 Å². The highest BCUT2D eigenvalue weighted by atomic mass is 15.5. The Hall–Kier alpha value is -1.75. The van der Waals surface area contributed by atoms with Crippen LogP contribution in [0.1, 0.15) is 41.0 Å². The molecule has 0 bridgehead atoms. The Kier molecular flexibility index (Phi) is 3.72. The van der Waals surface area contributed by atoms with Crippen LogP contribution in [0.15, 0.2) is 12.1 Å². The number of rotatable bonds is 4. The van der Waals surface area contributed by atoms with Crippen molar-refractivity contribution in [3.05, 3.63) is 40.2 Å². The van der Waals surface area contributed by atoms with E-state index in [1.807, 2.05) is 6.92 Å². The monoisotopic (exact) mass is 245 g/mol. The number of benzene rings is 1. The van der Waals surface area contributed by atoms with Gasteiger partial charge in [0.15, 0.2) is 5.82 Å². The van der Waals surface area contributed by atoms with Gasteiger partial charge in [0.25, 0.3) is 0 Å². The molecule has 96 valence electrons. The highest BCUT2D eigenvalue weighted by molar-refractivity contribution is 5.37. The maximum atomic E-state index is 3.98. The van der Waals surface area contributed by atoms with Crippen LogP contribution in [0.2, 0.25) is 0 Å². The number of H-pyrrole nitrogens is 1. The van der Waals surface area contributed by atoms with Gasteiger partial charge in [-0.15, -0.1) is 10.2 Å². The zero-order valence-corrected chi connectivity index (χ0v) is 11.3. The average Bonchev–Trinajstić information content (AvgIpc) is 2.80. The molecule has 1 unspecified atom stereocenters. The molecule has 0 fully saturated rings. The van der Waals surface area contributed by atoms with Gasteiger partial charge in [-0.05, 0) is 44.4 Å². The van der Waals surface area contributed by atoms with Gasteiger partial charge in [-0.2, -0.15) is 5.21 Å². The fourth-order valence-electron chi connectivity index (χ4n) is 2.19. The Bertz CT molecular complexity index is 495. The zero-order valence-electron chi connectivity index (χ0n) is 11.3. The second-order valence-electron chi connectivity index (χ2n) is 4.75. The summed E-state index contributed by atoms with van der Waals surface area (Å²) in [5, 5.41) is 17.4. The van der Waals surface area contributed by atoms with Crippen molar-refractivity contribution in [2.45, 2.75) is 40.3 Å². The second kappa shape index (κ2) is 5.27. The fraction of sp³-hybridized carbons (Fsp3) is 0.462. The number of hydrogen-bond acceptors (Lipinski definition) is 4. The van der Waals surface area contributed by atoms with Crippen LogP contribution < -0.4 is 5.32 Å². The first-order chi connectivity index (χ1) is 8.58. The number of hydrogen-bond donors (Lipinski definition) is 2. The van der Waals surface area contributed by atoms with Crippen LogP contribution in [0.25, 0.3) is 0 Å². The van der Waals surface area contributed by atoms with Gasteiger partial charge in [0, 0.05) is 6.54 Å². The number of nitrogens with one attached hydrogen (secondary N) is 2. The summed E-state index contributed by atoms with van der Waals surface area (Å²) in [6.07, 6.45) is 0. The van der Waals surface area contributed by atoms with Crippen LogP contribution >= 0.6 is 0 Å². The summed E-state index contributed by atoms with van der Waals surface area (Å²) < 4.78 is 0. The molecule has 5 heteroatoms. The molecule has 1 heterocycles. The molecule has 0 saturated carbocycles. The molecule has 5 nitrogen and oxygen atoms in total. The van der Waals surface area contributed by atoms with Crippen molar-refractivity contribution in [2.75, 3.05) is 0 Å². The van der Waals surface area contributed by atoms with E-state index in [0.29, 0.717) is 5.82 Å². The Labute approximate surface area is 107 Å². The summed E-state index contributed by atoms with van der Waals surface area (Å²) in [6, 6.07) is 4.51. The molecule has 1 atom stereocenters. The Morgan fingerprint density at radius 3 is 2.44 bits per heavy atom. The number of aromatic nitrogens is 4. The van der Waals surface area contributed by atoms with Crippen LogP contribution in [-0.4, -0.2) is 20.6 Å². The Morgan fingerprint density at radius 1 is 1.22 bits per heavy atom. The molecule has 18 heavy (non-hydrogen) atoms. The van der Waals surface area contributed by atoms with Crippen molar-refractivity contribution in [3.8, 4) is 0 Å². The third-order valence-corrected chi connectivity index (χ3v) is 3.17. The van der Waals surface area contributed by atoms with E-state index in [-0.39, 0.29) is 6.04 Å². The minimum Gasteiger partial charge on any atom is -0.303 e. The van der Waals surface area contributed by atoms with Crippen molar-refractivity contribution < 1.29 is 0 Å². The quantitative estimate of drug-likeness (QED) is 0.864. The minimum atomic E-state index is 0.0869. The Balaban J connectivity index is 2.07. The second-order valence-corrected chi connectivity index (χ2v) is 4.75. The molecule has 0 aliphatic carbocycles. The summed E-state index contributed by atoms with van der Waals surface area (Å²) in [5.74, 6) is 0.692. The molecule has 0 amide bonds. The van der Waals surface area contributed by atoms with E-state index < -0.39 is 0 Å².